The maximum absolute atomic E-state index is 13.8. The summed E-state index contributed by atoms with van der Waals surface area (Å²) >= 11 is 0. The quantitative estimate of drug-likeness (QED) is 0.0748. The lowest BCUT2D eigenvalue weighted by atomic mass is 9.83. The zero-order valence-electron chi connectivity index (χ0n) is 26.0. The van der Waals surface area contributed by atoms with Crippen LogP contribution in [0.4, 0.5) is 5.69 Å². The van der Waals surface area contributed by atoms with Gasteiger partial charge < -0.3 is 20.6 Å². The summed E-state index contributed by atoms with van der Waals surface area (Å²) in [7, 11) is 0. The van der Waals surface area contributed by atoms with Crippen LogP contribution in [-0.4, -0.2) is 38.9 Å². The van der Waals surface area contributed by atoms with E-state index in [-0.39, 0.29) is 39.4 Å². The van der Waals surface area contributed by atoms with Crippen molar-refractivity contribution >= 4 is 72.4 Å². The third kappa shape index (κ3) is 4.99. The molecule has 48 heavy (non-hydrogen) atoms. The van der Waals surface area contributed by atoms with Gasteiger partial charge in [-0.15, -0.1) is 0 Å². The van der Waals surface area contributed by atoms with Gasteiger partial charge in [0.1, 0.15) is 0 Å². The lowest BCUT2D eigenvalue weighted by Gasteiger charge is -2.20. The van der Waals surface area contributed by atoms with E-state index in [1.54, 1.807) is 60.7 Å². The number of carboxylic acids is 2. The topological polar surface area (TPSA) is 141 Å². The highest BCUT2D eigenvalue weighted by Crippen LogP contribution is 2.44. The fourth-order valence-corrected chi connectivity index (χ4v) is 6.69. The van der Waals surface area contributed by atoms with Gasteiger partial charge in [-0.3, -0.25) is 9.59 Å². The zero-order chi connectivity index (χ0) is 33.9. The fourth-order valence-electron chi connectivity index (χ4n) is 6.69. The monoisotopic (exact) mass is 635 g/mol. The Kier molecular flexibility index (Phi) is 7.38. The summed E-state index contributed by atoms with van der Waals surface area (Å²) in [5.41, 5.74) is 3.38. The molecule has 4 N–H and O–H groups in total. The first-order chi connectivity index (χ1) is 23.0. The van der Waals surface area contributed by atoms with Crippen LogP contribution in [0.15, 0.2) is 97.1 Å². The lowest BCUT2D eigenvalue weighted by molar-refractivity contribution is 0.0688. The number of carbonyl (C=O) groups is 4. The predicted molar refractivity (Wildman–Crippen MR) is 186 cm³/mol. The second kappa shape index (κ2) is 11.6. The Morgan fingerprint density at radius 3 is 1.44 bits per heavy atom. The molecule has 0 heterocycles. The van der Waals surface area contributed by atoms with Crippen molar-refractivity contribution < 1.29 is 34.5 Å². The number of rotatable bonds is 8. The molecule has 1 atom stereocenters. The lowest BCUT2D eigenvalue weighted by Crippen LogP contribution is -2.14. The van der Waals surface area contributed by atoms with Gasteiger partial charge in [-0.25, -0.2) is 9.59 Å². The minimum atomic E-state index is -1.22. The van der Waals surface area contributed by atoms with E-state index < -0.39 is 29.7 Å². The smallest absolute Gasteiger partial charge is 0.336 e. The fraction of sp³-hybridized carbons (Fsp3) is 0.100. The largest absolute Gasteiger partial charge is 0.478 e. The van der Waals surface area contributed by atoms with Crippen LogP contribution in [-0.2, 0) is 0 Å². The van der Waals surface area contributed by atoms with Crippen molar-refractivity contribution in [1.82, 2.24) is 0 Å². The molecule has 1 unspecified atom stereocenters. The number of carbonyl (C=O) groups excluding carboxylic acids is 2. The first kappa shape index (κ1) is 30.5. The van der Waals surface area contributed by atoms with Gasteiger partial charge in [-0.2, -0.15) is 0 Å². The molecule has 0 spiro atoms. The number of aliphatic hydroxyl groups excluding tert-OH is 1. The van der Waals surface area contributed by atoms with E-state index in [0.717, 1.165) is 11.1 Å². The van der Waals surface area contributed by atoms with Crippen LogP contribution in [0.3, 0.4) is 0 Å². The molecule has 236 valence electrons. The number of anilines is 1. The zero-order valence-corrected chi connectivity index (χ0v) is 26.0. The predicted octanol–water partition coefficient (Wildman–Crippen LogP) is 8.31. The van der Waals surface area contributed by atoms with E-state index >= 15 is 0 Å². The first-order valence-corrected chi connectivity index (χ1v) is 15.4. The number of hydrogen-bond donors (Lipinski definition) is 4. The number of hydrogen-bond acceptors (Lipinski definition) is 5. The van der Waals surface area contributed by atoms with Gasteiger partial charge in [-0.1, -0.05) is 77.9 Å². The van der Waals surface area contributed by atoms with E-state index in [9.17, 15) is 34.5 Å². The molecule has 1 amide bonds. The SMILES string of the molecule is Cc1ccc(NC(=O)c2ccc3c4ccc(C(=O)O)c5c(C(=O)CC(O)c6ccc(C)cc6)ccc(c6ccc(C(=O)O)c2c63)c54)cc1. The van der Waals surface area contributed by atoms with E-state index in [1.807, 2.05) is 38.1 Å². The average Bonchev–Trinajstić information content (AvgIpc) is 3.07. The molecule has 7 aromatic carbocycles. The molecule has 0 aliphatic heterocycles. The first-order valence-electron chi connectivity index (χ1n) is 15.4. The number of ketones is 1. The molecule has 0 bridgehead atoms. The van der Waals surface area contributed by atoms with Crippen LogP contribution >= 0.6 is 0 Å². The number of amides is 1. The van der Waals surface area contributed by atoms with Crippen LogP contribution in [0.1, 0.15) is 70.6 Å². The van der Waals surface area contributed by atoms with E-state index in [4.69, 9.17) is 0 Å². The molecule has 0 saturated heterocycles. The van der Waals surface area contributed by atoms with Crippen molar-refractivity contribution in [3.8, 4) is 0 Å². The Balaban J connectivity index is 1.47. The Hall–Kier alpha value is -6.12. The third-order valence-corrected chi connectivity index (χ3v) is 9.06. The molecule has 7 rings (SSSR count). The number of aliphatic hydroxyl groups is 1. The van der Waals surface area contributed by atoms with Crippen LogP contribution in [0.5, 0.6) is 0 Å². The number of carboxylic acid groups (broad SMARTS) is 2. The van der Waals surface area contributed by atoms with Crippen LogP contribution < -0.4 is 5.32 Å². The maximum atomic E-state index is 13.8. The molecule has 7 aromatic rings. The molecule has 0 aliphatic rings. The van der Waals surface area contributed by atoms with Gasteiger partial charge >= 0.3 is 11.9 Å². The van der Waals surface area contributed by atoms with Gasteiger partial charge in [-0.05, 0) is 82.1 Å². The second-order valence-corrected chi connectivity index (χ2v) is 12.1. The Morgan fingerprint density at radius 2 is 0.958 bits per heavy atom. The molecular formula is C40H29NO7. The standard InChI is InChI=1S/C40H29NO7/c1-20-3-7-22(8-4-20)32(42)19-33(43)28-15-11-24-27-14-18-31(40(47)48)37-29(38(44)41-23-9-5-21(2)6-10-23)16-12-25(35(27)37)26-13-17-30(39(45)46)36(28)34(24)26/h3-18,32,42H,19H2,1-2H3,(H,41,44)(H,45,46)(H,47,48). The van der Waals surface area contributed by atoms with Gasteiger partial charge in [0.05, 0.1) is 17.2 Å². The highest BCUT2D eigenvalue weighted by molar-refractivity contribution is 6.38. The van der Waals surface area contributed by atoms with Crippen molar-refractivity contribution in [2.24, 2.45) is 0 Å². The Morgan fingerprint density at radius 1 is 0.542 bits per heavy atom. The summed E-state index contributed by atoms with van der Waals surface area (Å²) in [5.74, 6) is -3.31. The van der Waals surface area contributed by atoms with Gasteiger partial charge in [0.15, 0.2) is 5.78 Å². The molecular weight excluding hydrogens is 606 g/mol. The van der Waals surface area contributed by atoms with Gasteiger partial charge in [0, 0.05) is 34.0 Å². The number of fused-ring (bicyclic) bond motifs is 2. The number of aryl methyl sites for hydroxylation is 2. The summed E-state index contributed by atoms with van der Waals surface area (Å²) in [6, 6.07) is 27.3. The van der Waals surface area contributed by atoms with Gasteiger partial charge in [0.25, 0.3) is 5.91 Å². The Bertz CT molecular complexity index is 2440. The van der Waals surface area contributed by atoms with E-state index in [0.29, 0.717) is 43.6 Å². The van der Waals surface area contributed by atoms with E-state index in [1.165, 1.54) is 12.1 Å². The summed E-state index contributed by atoms with van der Waals surface area (Å²) < 4.78 is 0. The number of Topliss-reactive ketones (excluding diaryl/α,β-unsaturated/α-hetero) is 1. The molecule has 8 heteroatoms. The van der Waals surface area contributed by atoms with Crippen LogP contribution in [0.2, 0.25) is 0 Å². The number of benzene rings is 7. The van der Waals surface area contributed by atoms with Crippen LogP contribution in [0.25, 0.3) is 43.1 Å². The van der Waals surface area contributed by atoms with Crippen LogP contribution in [0, 0.1) is 13.8 Å². The maximum Gasteiger partial charge on any atom is 0.336 e. The minimum Gasteiger partial charge on any atom is -0.478 e. The highest BCUT2D eigenvalue weighted by atomic mass is 16.4. The van der Waals surface area contributed by atoms with Crippen molar-refractivity contribution in [3.05, 3.63) is 136 Å². The number of aromatic carboxylic acids is 2. The summed E-state index contributed by atoms with van der Waals surface area (Å²) in [6.07, 6.45) is -1.35. The van der Waals surface area contributed by atoms with Crippen molar-refractivity contribution in [1.29, 1.82) is 0 Å². The molecule has 0 fully saturated rings. The normalized spacial score (nSPS) is 12.1. The molecule has 0 radical (unpaired) electrons. The molecule has 8 nitrogen and oxygen atoms in total. The van der Waals surface area contributed by atoms with Crippen molar-refractivity contribution in [2.45, 2.75) is 26.4 Å². The average molecular weight is 636 g/mol. The summed E-state index contributed by atoms with van der Waals surface area (Å²) in [5, 5.41) is 38.3. The summed E-state index contributed by atoms with van der Waals surface area (Å²) in [6.45, 7) is 3.86. The molecule has 0 aromatic heterocycles. The third-order valence-electron chi connectivity index (χ3n) is 9.06. The summed E-state index contributed by atoms with van der Waals surface area (Å²) in [4.78, 5) is 52.6. The molecule has 0 aliphatic carbocycles. The second-order valence-electron chi connectivity index (χ2n) is 12.1. The minimum absolute atomic E-state index is 0.0524. The van der Waals surface area contributed by atoms with Gasteiger partial charge in [0.2, 0.25) is 0 Å². The number of nitrogens with one attached hydrogen (secondary N) is 1. The van der Waals surface area contributed by atoms with Crippen molar-refractivity contribution in [3.63, 3.8) is 0 Å². The van der Waals surface area contributed by atoms with Crippen molar-refractivity contribution in [2.75, 3.05) is 5.32 Å². The highest BCUT2D eigenvalue weighted by Gasteiger charge is 2.26. The Labute approximate surface area is 274 Å². The molecule has 0 saturated carbocycles. The van der Waals surface area contributed by atoms with E-state index in [2.05, 4.69) is 5.32 Å².